The molecule has 0 atom stereocenters. The van der Waals surface area contributed by atoms with E-state index in [1.54, 1.807) is 10.7 Å². The van der Waals surface area contributed by atoms with Crippen LogP contribution in [0.3, 0.4) is 0 Å². The molecule has 1 fully saturated rings. The fourth-order valence-electron chi connectivity index (χ4n) is 2.66. The molecular weight excluding hydrogens is 286 g/mol. The Labute approximate surface area is 128 Å². The number of aromatic nitrogens is 2. The molecule has 5 nitrogen and oxygen atoms in total. The van der Waals surface area contributed by atoms with Gasteiger partial charge in [0.05, 0.1) is 10.7 Å². The highest BCUT2D eigenvalue weighted by Crippen LogP contribution is 2.31. The van der Waals surface area contributed by atoms with Crippen LogP contribution in [0.4, 0.5) is 11.6 Å². The van der Waals surface area contributed by atoms with Crippen molar-refractivity contribution in [3.8, 4) is 11.8 Å². The highest BCUT2D eigenvalue weighted by molar-refractivity contribution is 6.32. The first kappa shape index (κ1) is 13.8. The second-order valence-corrected chi connectivity index (χ2v) is 5.51. The second kappa shape index (κ2) is 5.66. The van der Waals surface area contributed by atoms with E-state index in [4.69, 9.17) is 17.3 Å². The summed E-state index contributed by atoms with van der Waals surface area (Å²) in [6.07, 6.45) is 3.45. The number of para-hydroxylation sites is 1. The van der Waals surface area contributed by atoms with E-state index in [9.17, 15) is 5.26 Å². The van der Waals surface area contributed by atoms with Crippen LogP contribution in [0.2, 0.25) is 5.02 Å². The molecule has 1 aliphatic rings. The number of anilines is 2. The average Bonchev–Trinajstić information content (AvgIpc) is 2.85. The molecule has 0 spiro atoms. The molecule has 1 aromatic carbocycles. The third kappa shape index (κ3) is 2.43. The minimum atomic E-state index is 0.339. The first-order valence-corrected chi connectivity index (χ1v) is 7.38. The Balaban J connectivity index is 2.09. The molecule has 108 valence electrons. The predicted octanol–water partition coefficient (Wildman–Crippen LogP) is 2.97. The van der Waals surface area contributed by atoms with Crippen molar-refractivity contribution in [2.45, 2.75) is 19.3 Å². The van der Waals surface area contributed by atoms with E-state index in [-0.39, 0.29) is 0 Å². The Kier molecular flexibility index (Phi) is 3.72. The summed E-state index contributed by atoms with van der Waals surface area (Å²) in [6.45, 7) is 1.82. The molecule has 6 heteroatoms. The quantitative estimate of drug-likeness (QED) is 0.925. The van der Waals surface area contributed by atoms with E-state index in [0.29, 0.717) is 27.9 Å². The number of nitrogens with zero attached hydrogens (tertiary/aromatic N) is 4. The Morgan fingerprint density at radius 2 is 1.90 bits per heavy atom. The van der Waals surface area contributed by atoms with Gasteiger partial charge in [0.25, 0.3) is 0 Å². The Morgan fingerprint density at radius 1 is 1.19 bits per heavy atom. The van der Waals surface area contributed by atoms with Gasteiger partial charge in [0.1, 0.15) is 17.5 Å². The summed E-state index contributed by atoms with van der Waals surface area (Å²) in [5.74, 6) is 1.00. The number of benzene rings is 1. The highest BCUT2D eigenvalue weighted by Gasteiger charge is 2.23. The molecule has 0 bridgehead atoms. The first-order valence-electron chi connectivity index (χ1n) is 7.01. The van der Waals surface area contributed by atoms with Gasteiger partial charge in [-0.1, -0.05) is 23.7 Å². The van der Waals surface area contributed by atoms with Crippen molar-refractivity contribution >= 4 is 23.2 Å². The summed E-state index contributed by atoms with van der Waals surface area (Å²) in [7, 11) is 0. The SMILES string of the molecule is N#Cc1c(N2CCCCC2)nn(-c2ccccc2Cl)c1N. The number of nitriles is 1. The number of rotatable bonds is 2. The van der Waals surface area contributed by atoms with Gasteiger partial charge in [-0.05, 0) is 31.4 Å². The fraction of sp³-hybridized carbons (Fsp3) is 0.333. The number of piperidine rings is 1. The third-order valence-corrected chi connectivity index (χ3v) is 4.07. The zero-order chi connectivity index (χ0) is 14.8. The predicted molar refractivity (Wildman–Crippen MR) is 83.8 cm³/mol. The molecule has 2 N–H and O–H groups in total. The maximum atomic E-state index is 9.42. The lowest BCUT2D eigenvalue weighted by atomic mass is 10.1. The van der Waals surface area contributed by atoms with Crippen LogP contribution in [-0.2, 0) is 0 Å². The third-order valence-electron chi connectivity index (χ3n) is 3.75. The molecule has 21 heavy (non-hydrogen) atoms. The zero-order valence-corrected chi connectivity index (χ0v) is 12.3. The molecule has 0 unspecified atom stereocenters. The Morgan fingerprint density at radius 3 is 2.57 bits per heavy atom. The van der Waals surface area contributed by atoms with Gasteiger partial charge in [-0.2, -0.15) is 5.26 Å². The number of halogens is 1. The van der Waals surface area contributed by atoms with E-state index < -0.39 is 0 Å². The molecular formula is C15H16ClN5. The lowest BCUT2D eigenvalue weighted by molar-refractivity contribution is 0.571. The van der Waals surface area contributed by atoms with Gasteiger partial charge in [-0.15, -0.1) is 5.10 Å². The number of hydrogen-bond acceptors (Lipinski definition) is 4. The summed E-state index contributed by atoms with van der Waals surface area (Å²) in [5.41, 5.74) is 7.23. The largest absolute Gasteiger partial charge is 0.382 e. The standard InChI is InChI=1S/C15H16ClN5/c16-12-6-2-3-7-13(12)21-14(18)11(10-17)15(19-21)20-8-4-1-5-9-20/h2-3,6-7H,1,4-5,8-9,18H2. The van der Waals surface area contributed by atoms with Crippen LogP contribution in [0.15, 0.2) is 24.3 Å². The molecule has 0 aliphatic carbocycles. The van der Waals surface area contributed by atoms with Crippen molar-refractivity contribution < 1.29 is 0 Å². The van der Waals surface area contributed by atoms with E-state index in [2.05, 4.69) is 16.1 Å². The van der Waals surface area contributed by atoms with E-state index in [1.807, 2.05) is 18.2 Å². The summed E-state index contributed by atoms with van der Waals surface area (Å²) in [4.78, 5) is 2.13. The molecule has 1 aromatic heterocycles. The molecule has 2 heterocycles. The molecule has 3 rings (SSSR count). The number of hydrogen-bond donors (Lipinski definition) is 1. The highest BCUT2D eigenvalue weighted by atomic mass is 35.5. The zero-order valence-electron chi connectivity index (χ0n) is 11.6. The van der Waals surface area contributed by atoms with Gasteiger partial charge in [0.2, 0.25) is 0 Å². The van der Waals surface area contributed by atoms with Crippen molar-refractivity contribution in [1.82, 2.24) is 9.78 Å². The Hall–Kier alpha value is -2.19. The van der Waals surface area contributed by atoms with Crippen molar-refractivity contribution in [3.05, 3.63) is 34.9 Å². The molecule has 1 aliphatic heterocycles. The van der Waals surface area contributed by atoms with Crippen LogP contribution in [0.1, 0.15) is 24.8 Å². The van der Waals surface area contributed by atoms with Crippen molar-refractivity contribution in [2.24, 2.45) is 0 Å². The van der Waals surface area contributed by atoms with Gasteiger partial charge in [-0.3, -0.25) is 0 Å². The van der Waals surface area contributed by atoms with Gasteiger partial charge >= 0.3 is 0 Å². The molecule has 0 amide bonds. The molecule has 0 radical (unpaired) electrons. The van der Waals surface area contributed by atoms with Crippen molar-refractivity contribution in [1.29, 1.82) is 5.26 Å². The average molecular weight is 302 g/mol. The molecule has 1 saturated heterocycles. The first-order chi connectivity index (χ1) is 10.2. The van der Waals surface area contributed by atoms with Crippen molar-refractivity contribution in [3.63, 3.8) is 0 Å². The van der Waals surface area contributed by atoms with E-state index in [0.717, 1.165) is 25.9 Å². The van der Waals surface area contributed by atoms with Crippen LogP contribution in [-0.4, -0.2) is 22.9 Å². The van der Waals surface area contributed by atoms with Gasteiger partial charge in [-0.25, -0.2) is 4.68 Å². The molecule has 0 saturated carbocycles. The van der Waals surface area contributed by atoms with Crippen LogP contribution in [0.25, 0.3) is 5.69 Å². The fourth-order valence-corrected chi connectivity index (χ4v) is 2.88. The lowest BCUT2D eigenvalue weighted by Gasteiger charge is -2.26. The molecule has 2 aromatic rings. The smallest absolute Gasteiger partial charge is 0.171 e. The maximum absolute atomic E-state index is 9.42. The van der Waals surface area contributed by atoms with Crippen LogP contribution < -0.4 is 10.6 Å². The van der Waals surface area contributed by atoms with Crippen molar-refractivity contribution in [2.75, 3.05) is 23.7 Å². The summed E-state index contributed by atoms with van der Waals surface area (Å²) >= 11 is 6.21. The van der Waals surface area contributed by atoms with E-state index in [1.165, 1.54) is 6.42 Å². The van der Waals surface area contributed by atoms with Gasteiger partial charge in [0.15, 0.2) is 5.82 Å². The van der Waals surface area contributed by atoms with Crippen LogP contribution >= 0.6 is 11.6 Å². The monoisotopic (exact) mass is 301 g/mol. The summed E-state index contributed by atoms with van der Waals surface area (Å²) < 4.78 is 1.56. The van der Waals surface area contributed by atoms with Crippen LogP contribution in [0, 0.1) is 11.3 Å². The number of nitrogens with two attached hydrogens (primary N) is 1. The summed E-state index contributed by atoms with van der Waals surface area (Å²) in [5, 5.41) is 14.5. The lowest BCUT2D eigenvalue weighted by Crippen LogP contribution is -2.30. The summed E-state index contributed by atoms with van der Waals surface area (Å²) in [6, 6.07) is 9.52. The maximum Gasteiger partial charge on any atom is 0.171 e. The normalized spacial score (nSPS) is 15.0. The van der Waals surface area contributed by atoms with Gasteiger partial charge < -0.3 is 10.6 Å². The van der Waals surface area contributed by atoms with Crippen LogP contribution in [0.5, 0.6) is 0 Å². The van der Waals surface area contributed by atoms with E-state index >= 15 is 0 Å². The second-order valence-electron chi connectivity index (χ2n) is 5.11. The minimum absolute atomic E-state index is 0.339. The topological polar surface area (TPSA) is 70.9 Å². The minimum Gasteiger partial charge on any atom is -0.382 e. The van der Waals surface area contributed by atoms with Gasteiger partial charge in [0, 0.05) is 13.1 Å². The number of nitrogen functional groups attached to an aromatic ring is 1. The Bertz CT molecular complexity index is 695.